The summed E-state index contributed by atoms with van der Waals surface area (Å²) >= 11 is 0. The molecule has 16 nitrogen and oxygen atoms in total. The van der Waals surface area contributed by atoms with E-state index in [0.29, 0.717) is 69.3 Å². The van der Waals surface area contributed by atoms with Gasteiger partial charge in [-0.1, -0.05) is 78.4 Å². The minimum atomic E-state index is -0.732. The lowest BCUT2D eigenvalue weighted by atomic mass is 9.81. The third kappa shape index (κ3) is 16.4. The summed E-state index contributed by atoms with van der Waals surface area (Å²) in [6.45, 7) is 13.3. The van der Waals surface area contributed by atoms with Crippen LogP contribution in [-0.2, 0) is 35.2 Å². The maximum Gasteiger partial charge on any atom is 0.227 e. The molecule has 2 saturated heterocycles. The minimum Gasteiger partial charge on any atom is -0.497 e. The molecule has 16 heteroatoms. The molecule has 11 atom stereocenters. The highest BCUT2D eigenvalue weighted by molar-refractivity contribution is 5.87. The number of methoxy groups -OCH3 is 1. The molecule has 0 spiro atoms. The zero-order valence-corrected chi connectivity index (χ0v) is 41.8. The second-order valence-electron chi connectivity index (χ2n) is 20.7. The normalized spacial score (nSPS) is 22.9. The average Bonchev–Trinajstić information content (AvgIpc) is 3.31. The number of primary amides is 1. The number of rotatable bonds is 24. The van der Waals surface area contributed by atoms with Crippen LogP contribution < -0.4 is 43.6 Å². The van der Waals surface area contributed by atoms with Crippen molar-refractivity contribution in [1.29, 1.82) is 0 Å². The van der Waals surface area contributed by atoms with Gasteiger partial charge in [-0.05, 0) is 101 Å². The minimum absolute atomic E-state index is 0.0657. The van der Waals surface area contributed by atoms with Gasteiger partial charge < -0.3 is 53.4 Å². The number of nitrogens with one attached hydrogen (secondary N) is 3. The molecule has 0 radical (unpaired) electrons. The van der Waals surface area contributed by atoms with Crippen LogP contribution in [0.25, 0.3) is 0 Å². The van der Waals surface area contributed by atoms with Gasteiger partial charge in [0.05, 0.1) is 42.6 Å². The van der Waals surface area contributed by atoms with Crippen LogP contribution in [0.3, 0.4) is 0 Å². The number of piperidine rings is 2. The fourth-order valence-corrected chi connectivity index (χ4v) is 10.5. The van der Waals surface area contributed by atoms with E-state index in [1.54, 1.807) is 30.8 Å². The molecule has 1 aromatic carbocycles. The van der Waals surface area contributed by atoms with Crippen molar-refractivity contribution in [1.82, 2.24) is 25.8 Å². The third-order valence-electron chi connectivity index (χ3n) is 15.1. The van der Waals surface area contributed by atoms with Crippen LogP contribution >= 0.6 is 0 Å². The molecule has 0 aromatic heterocycles. The van der Waals surface area contributed by atoms with Gasteiger partial charge in [0.15, 0.2) is 0 Å². The van der Waals surface area contributed by atoms with Crippen LogP contribution in [0.5, 0.6) is 5.75 Å². The number of carbonyl (C=O) groups is 6. The van der Waals surface area contributed by atoms with E-state index in [9.17, 15) is 28.8 Å². The molecule has 1 aromatic rings. The molecule has 6 amide bonds. The van der Waals surface area contributed by atoms with Crippen molar-refractivity contribution in [3.63, 3.8) is 0 Å². The SMILES string of the molecule is COc1ccc(C[C@H](C(=O)N[C@H](C)[C@H](CCCCN)C(N)=O)[C@@H](C)NC(=O)[C@@H]2CN(C(=O)[C@@H]3CCCN(C(=O)[C@@H](C)[C@@H](CC4CCCCC4)NC(=O)[C@@H](C)[C@H](N)CC(C)C)C3)CC[C@H]2N)cc1. The van der Waals surface area contributed by atoms with Crippen molar-refractivity contribution >= 4 is 35.4 Å². The van der Waals surface area contributed by atoms with Gasteiger partial charge in [0.1, 0.15) is 5.75 Å². The summed E-state index contributed by atoms with van der Waals surface area (Å²) in [5.74, 6) is -3.39. The molecule has 3 fully saturated rings. The molecule has 1 aliphatic carbocycles. The van der Waals surface area contributed by atoms with E-state index in [1.165, 1.54) is 6.42 Å². The van der Waals surface area contributed by atoms with Crippen LogP contribution in [0, 0.1) is 47.3 Å². The number of ether oxygens (including phenoxy) is 1. The first kappa shape index (κ1) is 55.3. The fraction of sp³-hybridized carbons (Fsp3) is 0.765. The van der Waals surface area contributed by atoms with Crippen molar-refractivity contribution in [3.8, 4) is 5.75 Å². The molecule has 1 saturated carbocycles. The number of likely N-dealkylation sites (tertiary alicyclic amines) is 2. The summed E-state index contributed by atoms with van der Waals surface area (Å²) in [5.41, 5.74) is 25.4. The third-order valence-corrected chi connectivity index (χ3v) is 15.1. The average molecular weight is 938 g/mol. The zero-order chi connectivity index (χ0) is 49.4. The molecule has 4 rings (SSSR count). The van der Waals surface area contributed by atoms with Gasteiger partial charge in [0, 0.05) is 56.4 Å². The Hall–Kier alpha value is -4.28. The summed E-state index contributed by atoms with van der Waals surface area (Å²) in [5, 5.41) is 9.37. The quantitative estimate of drug-likeness (QED) is 0.0741. The molecule has 2 heterocycles. The van der Waals surface area contributed by atoms with Gasteiger partial charge in [0.25, 0.3) is 0 Å². The Morgan fingerprint density at radius 3 is 2.06 bits per heavy atom. The van der Waals surface area contributed by atoms with Crippen molar-refractivity contribution in [2.75, 3.05) is 39.8 Å². The van der Waals surface area contributed by atoms with Crippen LogP contribution in [-0.4, -0.2) is 115 Å². The van der Waals surface area contributed by atoms with Crippen LogP contribution in [0.2, 0.25) is 0 Å². The van der Waals surface area contributed by atoms with E-state index in [0.717, 1.165) is 50.5 Å². The van der Waals surface area contributed by atoms with Gasteiger partial charge >= 0.3 is 0 Å². The molecule has 0 unspecified atom stereocenters. The Bertz CT molecular complexity index is 1760. The Morgan fingerprint density at radius 1 is 0.761 bits per heavy atom. The molecule has 3 aliphatic rings. The maximum absolute atomic E-state index is 14.4. The number of benzene rings is 1. The Balaban J connectivity index is 1.44. The summed E-state index contributed by atoms with van der Waals surface area (Å²) in [6.07, 6.45) is 11.0. The van der Waals surface area contributed by atoms with E-state index >= 15 is 0 Å². The molecule has 378 valence electrons. The summed E-state index contributed by atoms with van der Waals surface area (Å²) in [4.78, 5) is 86.6. The lowest BCUT2D eigenvalue weighted by Crippen LogP contribution is -2.58. The van der Waals surface area contributed by atoms with Gasteiger partial charge in [-0.15, -0.1) is 0 Å². The second-order valence-corrected chi connectivity index (χ2v) is 20.7. The number of amides is 6. The van der Waals surface area contributed by atoms with Crippen LogP contribution in [0.15, 0.2) is 24.3 Å². The van der Waals surface area contributed by atoms with Crippen LogP contribution in [0.4, 0.5) is 0 Å². The summed E-state index contributed by atoms with van der Waals surface area (Å²) < 4.78 is 5.33. The van der Waals surface area contributed by atoms with E-state index in [4.69, 9.17) is 27.7 Å². The largest absolute Gasteiger partial charge is 0.497 e. The fourth-order valence-electron chi connectivity index (χ4n) is 10.5. The first-order chi connectivity index (χ1) is 31.8. The first-order valence-corrected chi connectivity index (χ1v) is 25.5. The monoisotopic (exact) mass is 938 g/mol. The van der Waals surface area contributed by atoms with Gasteiger partial charge in [-0.2, -0.15) is 0 Å². The van der Waals surface area contributed by atoms with E-state index in [-0.39, 0.29) is 61.1 Å². The number of nitrogens with zero attached hydrogens (tertiary/aromatic N) is 2. The van der Waals surface area contributed by atoms with E-state index in [2.05, 4.69) is 29.8 Å². The van der Waals surface area contributed by atoms with Crippen molar-refractivity contribution in [2.24, 2.45) is 70.3 Å². The number of nitrogens with two attached hydrogens (primary N) is 4. The van der Waals surface area contributed by atoms with Crippen molar-refractivity contribution < 1.29 is 33.5 Å². The highest BCUT2D eigenvalue weighted by atomic mass is 16.5. The lowest BCUT2D eigenvalue weighted by Gasteiger charge is -2.41. The topological polar surface area (TPSA) is 258 Å². The number of unbranched alkanes of at least 4 members (excludes halogenated alkanes) is 1. The Labute approximate surface area is 400 Å². The van der Waals surface area contributed by atoms with Gasteiger partial charge in [-0.3, -0.25) is 28.8 Å². The van der Waals surface area contributed by atoms with Crippen molar-refractivity contribution in [3.05, 3.63) is 29.8 Å². The molecule has 67 heavy (non-hydrogen) atoms. The number of hydrogen-bond donors (Lipinski definition) is 7. The highest BCUT2D eigenvalue weighted by Gasteiger charge is 2.41. The van der Waals surface area contributed by atoms with Gasteiger partial charge in [0.2, 0.25) is 35.4 Å². The molecular weight excluding hydrogens is 851 g/mol. The first-order valence-electron chi connectivity index (χ1n) is 25.5. The molecular formula is C51H87N9O7. The summed E-state index contributed by atoms with van der Waals surface area (Å²) in [6, 6.07) is 5.02. The van der Waals surface area contributed by atoms with E-state index < -0.39 is 59.5 Å². The van der Waals surface area contributed by atoms with Crippen LogP contribution in [0.1, 0.15) is 131 Å². The Morgan fingerprint density at radius 2 is 1.43 bits per heavy atom. The second kappa shape index (κ2) is 27.0. The Kier molecular flexibility index (Phi) is 22.3. The highest BCUT2D eigenvalue weighted by Crippen LogP contribution is 2.31. The predicted octanol–water partition coefficient (Wildman–Crippen LogP) is 3.61. The lowest BCUT2D eigenvalue weighted by molar-refractivity contribution is -0.145. The standard InChI is InChI=1S/C51H87N9O7/c1-31(2)26-44(54)32(3)47(62)58-45(28-36-14-9-8-10-15-36)33(4)50(65)59-24-13-16-38(29-59)51(66)60-25-22-43(53)42(30-60)49(64)57-35(6)41(27-37-18-20-39(67-7)21-19-37)48(63)56-34(5)40(46(55)61)17-11-12-23-52/h18-21,31-36,38,40-45H,8-17,22-30,52-54H2,1-7H3,(H2,55,61)(H,56,63)(H,57,64)(H,58,62)/t32-,33-,34+,35+,38+,40-,41-,42+,43+,44+,45+/m0/s1. The number of hydrogen-bond acceptors (Lipinski definition) is 10. The van der Waals surface area contributed by atoms with E-state index in [1.807, 2.05) is 38.1 Å². The zero-order valence-electron chi connectivity index (χ0n) is 41.8. The maximum atomic E-state index is 14.4. The molecule has 2 aliphatic heterocycles. The predicted molar refractivity (Wildman–Crippen MR) is 262 cm³/mol. The molecule has 0 bridgehead atoms. The summed E-state index contributed by atoms with van der Waals surface area (Å²) in [7, 11) is 1.58. The molecule has 11 N–H and O–H groups in total. The van der Waals surface area contributed by atoms with Gasteiger partial charge in [-0.25, -0.2) is 0 Å². The number of carbonyl (C=O) groups excluding carboxylic acids is 6. The van der Waals surface area contributed by atoms with Crippen molar-refractivity contribution in [2.45, 2.75) is 162 Å². The smallest absolute Gasteiger partial charge is 0.227 e.